The average Bonchev–Trinajstić information content (AvgIpc) is 2.76. The minimum absolute atomic E-state index is 0.230. The Kier molecular flexibility index (Phi) is 4.64. The highest BCUT2D eigenvalue weighted by molar-refractivity contribution is 7.17. The second-order valence-corrected chi connectivity index (χ2v) is 7.13. The van der Waals surface area contributed by atoms with E-state index in [0.29, 0.717) is 0 Å². The van der Waals surface area contributed by atoms with Gasteiger partial charge in [-0.15, -0.1) is 11.3 Å². The van der Waals surface area contributed by atoms with Crippen LogP contribution in [0.25, 0.3) is 10.1 Å². The minimum atomic E-state index is 0.230. The van der Waals surface area contributed by atoms with E-state index in [9.17, 15) is 0 Å². The monoisotopic (exact) mass is 275 g/mol. The normalized spacial score (nSPS) is 12.2. The van der Waals surface area contributed by atoms with Crippen molar-refractivity contribution in [2.75, 3.05) is 13.1 Å². The van der Waals surface area contributed by atoms with E-state index in [-0.39, 0.29) is 5.41 Å². The first-order valence-corrected chi connectivity index (χ1v) is 8.11. The topological polar surface area (TPSA) is 12.0 Å². The summed E-state index contributed by atoms with van der Waals surface area (Å²) in [4.78, 5) is 0. The Bertz CT molecular complexity index is 534. The van der Waals surface area contributed by atoms with Crippen LogP contribution in [0, 0.1) is 0 Å². The van der Waals surface area contributed by atoms with Gasteiger partial charge in [0.05, 0.1) is 0 Å². The van der Waals surface area contributed by atoms with E-state index >= 15 is 0 Å². The van der Waals surface area contributed by atoms with Crippen molar-refractivity contribution in [3.8, 4) is 0 Å². The van der Waals surface area contributed by atoms with Gasteiger partial charge in [-0.2, -0.15) is 0 Å². The van der Waals surface area contributed by atoms with Gasteiger partial charge < -0.3 is 5.32 Å². The molecule has 0 amide bonds. The number of rotatable bonds is 5. The predicted octanol–water partition coefficient (Wildman–Crippen LogP) is 4.74. The first-order valence-electron chi connectivity index (χ1n) is 7.23. The third kappa shape index (κ3) is 3.58. The third-order valence-electron chi connectivity index (χ3n) is 3.52. The SMILES string of the molecule is CCCNCCc1csc2ccc(C(C)(C)C)cc12. The highest BCUT2D eigenvalue weighted by Gasteiger charge is 2.15. The Morgan fingerprint density at radius 1 is 1.16 bits per heavy atom. The van der Waals surface area contributed by atoms with E-state index in [2.05, 4.69) is 56.6 Å². The average molecular weight is 275 g/mol. The summed E-state index contributed by atoms with van der Waals surface area (Å²) in [6.45, 7) is 11.3. The summed E-state index contributed by atoms with van der Waals surface area (Å²) in [6, 6.07) is 6.95. The zero-order valence-electron chi connectivity index (χ0n) is 12.5. The molecule has 0 bridgehead atoms. The quantitative estimate of drug-likeness (QED) is 0.777. The molecule has 0 unspecified atom stereocenters. The fraction of sp³-hybridized carbons (Fsp3) is 0.529. The van der Waals surface area contributed by atoms with Crippen molar-refractivity contribution in [2.45, 2.75) is 46.0 Å². The van der Waals surface area contributed by atoms with Crippen LogP contribution in [0.3, 0.4) is 0 Å². The summed E-state index contributed by atoms with van der Waals surface area (Å²) in [5.41, 5.74) is 3.16. The maximum Gasteiger partial charge on any atom is 0.0345 e. The second-order valence-electron chi connectivity index (χ2n) is 6.22. The molecule has 104 valence electrons. The van der Waals surface area contributed by atoms with Gasteiger partial charge in [-0.25, -0.2) is 0 Å². The van der Waals surface area contributed by atoms with Crippen LogP contribution in [-0.2, 0) is 11.8 Å². The van der Waals surface area contributed by atoms with Gasteiger partial charge in [0.25, 0.3) is 0 Å². The standard InChI is InChI=1S/C17H25NS/c1-5-9-18-10-8-13-12-19-16-7-6-14(11-15(13)16)17(2,3)4/h6-7,11-12,18H,5,8-10H2,1-4H3. The smallest absolute Gasteiger partial charge is 0.0345 e. The zero-order chi connectivity index (χ0) is 13.9. The van der Waals surface area contributed by atoms with E-state index in [1.807, 2.05) is 11.3 Å². The summed E-state index contributed by atoms with van der Waals surface area (Å²) in [5, 5.41) is 7.27. The van der Waals surface area contributed by atoms with Crippen LogP contribution in [0.2, 0.25) is 0 Å². The molecule has 0 saturated heterocycles. The Labute approximate surface area is 121 Å². The van der Waals surface area contributed by atoms with Crippen molar-refractivity contribution in [1.82, 2.24) is 5.32 Å². The maximum absolute atomic E-state index is 3.49. The first kappa shape index (κ1) is 14.5. The number of hydrogen-bond acceptors (Lipinski definition) is 2. The molecule has 1 N–H and O–H groups in total. The molecule has 1 aromatic heterocycles. The second kappa shape index (κ2) is 6.06. The molecular weight excluding hydrogens is 250 g/mol. The lowest BCUT2D eigenvalue weighted by Gasteiger charge is -2.19. The van der Waals surface area contributed by atoms with Crippen molar-refractivity contribution in [2.24, 2.45) is 0 Å². The number of hydrogen-bond donors (Lipinski definition) is 1. The molecule has 19 heavy (non-hydrogen) atoms. The Morgan fingerprint density at radius 2 is 1.95 bits per heavy atom. The summed E-state index contributed by atoms with van der Waals surface area (Å²) < 4.78 is 1.42. The summed E-state index contributed by atoms with van der Waals surface area (Å²) in [7, 11) is 0. The molecular formula is C17H25NS. The van der Waals surface area contributed by atoms with Crippen LogP contribution in [0.4, 0.5) is 0 Å². The van der Waals surface area contributed by atoms with Crippen LogP contribution in [0.15, 0.2) is 23.6 Å². The van der Waals surface area contributed by atoms with E-state index < -0.39 is 0 Å². The summed E-state index contributed by atoms with van der Waals surface area (Å²) in [6.07, 6.45) is 2.34. The van der Waals surface area contributed by atoms with Crippen molar-refractivity contribution >= 4 is 21.4 Å². The van der Waals surface area contributed by atoms with Crippen molar-refractivity contribution < 1.29 is 0 Å². The zero-order valence-corrected chi connectivity index (χ0v) is 13.4. The van der Waals surface area contributed by atoms with Gasteiger partial charge in [0.2, 0.25) is 0 Å². The lowest BCUT2D eigenvalue weighted by molar-refractivity contribution is 0.591. The van der Waals surface area contributed by atoms with Crippen molar-refractivity contribution in [3.05, 3.63) is 34.7 Å². The van der Waals surface area contributed by atoms with Gasteiger partial charge in [-0.1, -0.05) is 33.8 Å². The van der Waals surface area contributed by atoms with E-state index in [1.165, 1.54) is 27.6 Å². The highest BCUT2D eigenvalue weighted by atomic mass is 32.1. The molecule has 2 aromatic rings. The number of nitrogens with one attached hydrogen (secondary N) is 1. The molecule has 0 atom stereocenters. The molecule has 2 heteroatoms. The minimum Gasteiger partial charge on any atom is -0.316 e. The Balaban J connectivity index is 2.20. The van der Waals surface area contributed by atoms with E-state index in [4.69, 9.17) is 0 Å². The fourth-order valence-electron chi connectivity index (χ4n) is 2.27. The molecule has 0 spiro atoms. The molecule has 0 radical (unpaired) electrons. The molecule has 1 aromatic carbocycles. The number of fused-ring (bicyclic) bond motifs is 1. The first-order chi connectivity index (χ1) is 9.02. The molecule has 2 rings (SSSR count). The Morgan fingerprint density at radius 3 is 2.63 bits per heavy atom. The molecule has 0 aliphatic heterocycles. The molecule has 1 heterocycles. The lowest BCUT2D eigenvalue weighted by Crippen LogP contribution is -2.17. The predicted molar refractivity (Wildman–Crippen MR) is 87.4 cm³/mol. The van der Waals surface area contributed by atoms with Gasteiger partial charge in [-0.05, 0) is 65.4 Å². The molecule has 0 aliphatic carbocycles. The van der Waals surface area contributed by atoms with Gasteiger partial charge in [0, 0.05) is 4.70 Å². The van der Waals surface area contributed by atoms with E-state index in [1.54, 1.807) is 0 Å². The van der Waals surface area contributed by atoms with Gasteiger partial charge >= 0.3 is 0 Å². The van der Waals surface area contributed by atoms with Gasteiger partial charge in [0.1, 0.15) is 0 Å². The van der Waals surface area contributed by atoms with Crippen LogP contribution in [0.1, 0.15) is 45.2 Å². The molecule has 0 fully saturated rings. The van der Waals surface area contributed by atoms with Gasteiger partial charge in [0.15, 0.2) is 0 Å². The summed E-state index contributed by atoms with van der Waals surface area (Å²) >= 11 is 1.87. The largest absolute Gasteiger partial charge is 0.316 e. The molecule has 0 aliphatic rings. The number of thiophene rings is 1. The Hall–Kier alpha value is -0.860. The van der Waals surface area contributed by atoms with Crippen LogP contribution >= 0.6 is 11.3 Å². The van der Waals surface area contributed by atoms with Crippen molar-refractivity contribution in [1.29, 1.82) is 0 Å². The van der Waals surface area contributed by atoms with Crippen LogP contribution < -0.4 is 5.32 Å². The maximum atomic E-state index is 3.49. The highest BCUT2D eigenvalue weighted by Crippen LogP contribution is 2.31. The van der Waals surface area contributed by atoms with Gasteiger partial charge in [-0.3, -0.25) is 0 Å². The lowest BCUT2D eigenvalue weighted by atomic mass is 9.86. The summed E-state index contributed by atoms with van der Waals surface area (Å²) in [5.74, 6) is 0. The molecule has 1 nitrogen and oxygen atoms in total. The number of benzene rings is 1. The fourth-order valence-corrected chi connectivity index (χ4v) is 3.24. The third-order valence-corrected chi connectivity index (χ3v) is 4.53. The van der Waals surface area contributed by atoms with E-state index in [0.717, 1.165) is 19.5 Å². The van der Waals surface area contributed by atoms with Crippen LogP contribution in [-0.4, -0.2) is 13.1 Å². The van der Waals surface area contributed by atoms with Crippen molar-refractivity contribution in [3.63, 3.8) is 0 Å². The molecule has 0 saturated carbocycles. The van der Waals surface area contributed by atoms with Crippen LogP contribution in [0.5, 0.6) is 0 Å².